The van der Waals surface area contributed by atoms with Gasteiger partial charge in [0.05, 0.1) is 9.79 Å². The van der Waals surface area contributed by atoms with Crippen LogP contribution in [0.25, 0.3) is 0 Å². The van der Waals surface area contributed by atoms with E-state index in [1.54, 1.807) is 36.4 Å². The zero-order chi connectivity index (χ0) is 26.8. The molecule has 37 heavy (non-hydrogen) atoms. The van der Waals surface area contributed by atoms with Gasteiger partial charge in [0, 0.05) is 25.3 Å². The van der Waals surface area contributed by atoms with Crippen molar-refractivity contribution < 1.29 is 21.6 Å². The third-order valence-corrected chi connectivity index (χ3v) is 10.3. The average molecular weight is 542 g/mol. The van der Waals surface area contributed by atoms with E-state index < -0.39 is 32.0 Å². The molecule has 0 aromatic heterocycles. The maximum atomic E-state index is 13.8. The highest BCUT2D eigenvalue weighted by Crippen LogP contribution is 2.30. The van der Waals surface area contributed by atoms with Crippen LogP contribution in [0.2, 0.25) is 0 Å². The summed E-state index contributed by atoms with van der Waals surface area (Å²) in [5, 5.41) is 2.93. The predicted octanol–water partition coefficient (Wildman–Crippen LogP) is 3.82. The van der Waals surface area contributed by atoms with E-state index in [9.17, 15) is 21.6 Å². The van der Waals surface area contributed by atoms with Crippen LogP contribution in [0.15, 0.2) is 88.7 Å². The van der Waals surface area contributed by atoms with Crippen LogP contribution in [0.3, 0.4) is 0 Å². The van der Waals surface area contributed by atoms with Crippen LogP contribution in [-0.4, -0.2) is 57.0 Å². The second-order valence-electron chi connectivity index (χ2n) is 9.30. The SMILES string of the molecule is Cc1cccc(C(C)C)c1NC(=O)[C@@H]1CN(S(=O)(=O)c2ccccc2)CCN1S(=O)(=O)c1ccccc1. The number of sulfonamides is 2. The number of nitrogens with zero attached hydrogens (tertiary/aromatic N) is 2. The molecule has 3 aromatic rings. The minimum atomic E-state index is -4.07. The summed E-state index contributed by atoms with van der Waals surface area (Å²) in [7, 11) is -8.00. The van der Waals surface area contributed by atoms with Crippen LogP contribution in [0.4, 0.5) is 5.69 Å². The molecule has 1 fully saturated rings. The van der Waals surface area contributed by atoms with Crippen molar-refractivity contribution in [2.45, 2.75) is 42.5 Å². The number of anilines is 1. The normalized spacial score (nSPS) is 17.6. The van der Waals surface area contributed by atoms with Crippen molar-refractivity contribution in [3.05, 3.63) is 90.0 Å². The minimum Gasteiger partial charge on any atom is -0.324 e. The van der Waals surface area contributed by atoms with Crippen LogP contribution < -0.4 is 5.32 Å². The van der Waals surface area contributed by atoms with Gasteiger partial charge in [-0.05, 0) is 48.2 Å². The van der Waals surface area contributed by atoms with Gasteiger partial charge in [0.1, 0.15) is 6.04 Å². The lowest BCUT2D eigenvalue weighted by Crippen LogP contribution is -2.60. The summed E-state index contributed by atoms with van der Waals surface area (Å²) >= 11 is 0. The second kappa shape index (κ2) is 10.7. The van der Waals surface area contributed by atoms with Gasteiger partial charge in [0.2, 0.25) is 26.0 Å². The number of para-hydroxylation sites is 1. The van der Waals surface area contributed by atoms with Crippen molar-refractivity contribution in [1.82, 2.24) is 8.61 Å². The smallest absolute Gasteiger partial charge is 0.244 e. The van der Waals surface area contributed by atoms with Crippen LogP contribution in [-0.2, 0) is 24.8 Å². The first kappa shape index (κ1) is 27.0. The van der Waals surface area contributed by atoms with Crippen LogP contribution >= 0.6 is 0 Å². The Morgan fingerprint density at radius 3 is 1.95 bits per heavy atom. The fourth-order valence-electron chi connectivity index (χ4n) is 4.48. The van der Waals surface area contributed by atoms with E-state index in [2.05, 4.69) is 5.32 Å². The van der Waals surface area contributed by atoms with Crippen LogP contribution in [0, 0.1) is 6.92 Å². The standard InChI is InChI=1S/C27H31N3O5S2/c1-20(2)24-16-10-11-21(3)26(24)28-27(31)25-19-29(36(32,33)22-12-6-4-7-13-22)17-18-30(25)37(34,35)23-14-8-5-9-15-23/h4-16,20,25H,17-19H2,1-3H3,(H,28,31)/t25-/m0/s1. The first-order valence-electron chi connectivity index (χ1n) is 12.1. The second-order valence-corrected chi connectivity index (χ2v) is 13.1. The number of hydrogen-bond acceptors (Lipinski definition) is 5. The number of nitrogens with one attached hydrogen (secondary N) is 1. The Morgan fingerprint density at radius 2 is 1.38 bits per heavy atom. The Labute approximate surface area is 219 Å². The van der Waals surface area contributed by atoms with Gasteiger partial charge < -0.3 is 5.32 Å². The topological polar surface area (TPSA) is 104 Å². The summed E-state index contributed by atoms with van der Waals surface area (Å²) < 4.78 is 56.2. The van der Waals surface area contributed by atoms with Crippen molar-refractivity contribution in [3.63, 3.8) is 0 Å². The summed E-state index contributed by atoms with van der Waals surface area (Å²) in [5.74, 6) is -0.468. The molecule has 0 unspecified atom stereocenters. The van der Waals surface area contributed by atoms with Crippen molar-refractivity contribution >= 4 is 31.6 Å². The first-order valence-corrected chi connectivity index (χ1v) is 14.9. The summed E-state index contributed by atoms with van der Waals surface area (Å²) in [4.78, 5) is 13.9. The number of benzene rings is 3. The molecule has 0 radical (unpaired) electrons. The zero-order valence-electron chi connectivity index (χ0n) is 21.0. The lowest BCUT2D eigenvalue weighted by Gasteiger charge is -2.39. The van der Waals surface area contributed by atoms with Gasteiger partial charge in [0.25, 0.3) is 0 Å². The summed E-state index contributed by atoms with van der Waals surface area (Å²) in [5.41, 5.74) is 2.36. The van der Waals surface area contributed by atoms with E-state index in [0.717, 1.165) is 15.4 Å². The highest BCUT2D eigenvalue weighted by molar-refractivity contribution is 7.89. The molecule has 0 spiro atoms. The van der Waals surface area contributed by atoms with Gasteiger partial charge in [-0.15, -0.1) is 0 Å². The Bertz CT molecular complexity index is 1470. The van der Waals surface area contributed by atoms with Crippen molar-refractivity contribution in [2.24, 2.45) is 0 Å². The molecular weight excluding hydrogens is 510 g/mol. The molecule has 1 aliphatic rings. The first-order chi connectivity index (χ1) is 17.5. The van der Waals surface area contributed by atoms with Crippen molar-refractivity contribution in [1.29, 1.82) is 0 Å². The zero-order valence-corrected chi connectivity index (χ0v) is 22.7. The van der Waals surface area contributed by atoms with E-state index in [4.69, 9.17) is 0 Å². The van der Waals surface area contributed by atoms with Gasteiger partial charge in [-0.2, -0.15) is 8.61 Å². The monoisotopic (exact) mass is 541 g/mol. The largest absolute Gasteiger partial charge is 0.324 e. The molecule has 8 nitrogen and oxygen atoms in total. The lowest BCUT2D eigenvalue weighted by molar-refractivity contribution is -0.120. The van der Waals surface area contributed by atoms with Crippen molar-refractivity contribution in [3.8, 4) is 0 Å². The average Bonchev–Trinajstić information content (AvgIpc) is 2.90. The Kier molecular flexibility index (Phi) is 7.84. The number of carbonyl (C=O) groups is 1. The summed E-state index contributed by atoms with van der Waals surface area (Å²) in [6, 6.07) is 20.2. The molecule has 196 valence electrons. The Balaban J connectivity index is 1.73. The van der Waals surface area contributed by atoms with E-state index in [0.29, 0.717) is 5.69 Å². The van der Waals surface area contributed by atoms with Gasteiger partial charge in [0.15, 0.2) is 0 Å². The number of carbonyl (C=O) groups excluding carboxylic acids is 1. The highest BCUT2D eigenvalue weighted by atomic mass is 32.2. The van der Waals surface area contributed by atoms with Crippen molar-refractivity contribution in [2.75, 3.05) is 25.0 Å². The molecule has 1 heterocycles. The highest BCUT2D eigenvalue weighted by Gasteiger charge is 2.43. The molecule has 0 saturated carbocycles. The molecule has 3 aromatic carbocycles. The summed E-state index contributed by atoms with van der Waals surface area (Å²) in [6.45, 7) is 5.34. The van der Waals surface area contributed by atoms with Crippen LogP contribution in [0.1, 0.15) is 30.9 Å². The summed E-state index contributed by atoms with van der Waals surface area (Å²) in [6.07, 6.45) is 0. The van der Waals surface area contributed by atoms with Gasteiger partial charge in [-0.25, -0.2) is 16.8 Å². The van der Waals surface area contributed by atoms with E-state index in [1.807, 2.05) is 39.0 Å². The number of aryl methyl sites for hydroxylation is 1. The fraction of sp³-hybridized carbons (Fsp3) is 0.296. The van der Waals surface area contributed by atoms with Gasteiger partial charge in [-0.1, -0.05) is 68.4 Å². The molecule has 1 atom stereocenters. The molecule has 10 heteroatoms. The maximum absolute atomic E-state index is 13.8. The van der Waals surface area contributed by atoms with Gasteiger partial charge >= 0.3 is 0 Å². The van der Waals surface area contributed by atoms with E-state index >= 15 is 0 Å². The molecule has 0 aliphatic carbocycles. The third-order valence-electron chi connectivity index (χ3n) is 6.50. The number of hydrogen-bond donors (Lipinski definition) is 1. The maximum Gasteiger partial charge on any atom is 0.244 e. The molecule has 1 N–H and O–H groups in total. The van der Waals surface area contributed by atoms with Crippen LogP contribution in [0.5, 0.6) is 0 Å². The lowest BCUT2D eigenvalue weighted by atomic mass is 9.98. The Hall–Kier alpha value is -3.05. The number of piperazine rings is 1. The Morgan fingerprint density at radius 1 is 0.811 bits per heavy atom. The third kappa shape index (κ3) is 5.47. The molecule has 1 aliphatic heterocycles. The molecular formula is C27H31N3O5S2. The molecule has 1 saturated heterocycles. The quantitative estimate of drug-likeness (QED) is 0.490. The predicted molar refractivity (Wildman–Crippen MR) is 143 cm³/mol. The molecule has 0 bridgehead atoms. The van der Waals surface area contributed by atoms with Gasteiger partial charge in [-0.3, -0.25) is 4.79 Å². The minimum absolute atomic E-state index is 0.0472. The molecule has 4 rings (SSSR count). The fourth-order valence-corrected chi connectivity index (χ4v) is 7.53. The number of rotatable bonds is 7. The number of amides is 1. The van der Waals surface area contributed by atoms with E-state index in [-0.39, 0.29) is 35.3 Å². The van der Waals surface area contributed by atoms with E-state index in [1.165, 1.54) is 28.6 Å². The molecule has 1 amide bonds.